The van der Waals surface area contributed by atoms with Crippen molar-refractivity contribution in [3.05, 3.63) is 42.5 Å². The van der Waals surface area contributed by atoms with Gasteiger partial charge in [0.1, 0.15) is 12.3 Å². The van der Waals surface area contributed by atoms with Crippen LogP contribution in [0.15, 0.2) is 41.2 Å². The molecule has 7 nitrogen and oxygen atoms in total. The van der Waals surface area contributed by atoms with Gasteiger partial charge in [-0.15, -0.1) is 0 Å². The van der Waals surface area contributed by atoms with Crippen LogP contribution in [-0.2, 0) is 6.54 Å². The van der Waals surface area contributed by atoms with Crippen LogP contribution in [0.1, 0.15) is 12.8 Å². The lowest BCUT2D eigenvalue weighted by Gasteiger charge is -2.02. The molecule has 7 heteroatoms. The zero-order valence-corrected chi connectivity index (χ0v) is 11.6. The number of benzene rings is 1. The van der Waals surface area contributed by atoms with E-state index in [0.717, 1.165) is 11.3 Å². The molecule has 0 saturated heterocycles. The number of nitrogen functional groups attached to an aromatic ring is 1. The third kappa shape index (κ3) is 3.02. The summed E-state index contributed by atoms with van der Waals surface area (Å²) in [4.78, 5) is 4.35. The van der Waals surface area contributed by atoms with Crippen LogP contribution in [-0.4, -0.2) is 26.5 Å². The topological polar surface area (TPSA) is 92.0 Å². The Balaban J connectivity index is 1.79. The predicted octanol–water partition coefficient (Wildman–Crippen LogP) is 1.96. The van der Waals surface area contributed by atoms with Crippen molar-refractivity contribution in [2.24, 2.45) is 0 Å². The minimum absolute atomic E-state index is 0.384. The largest absolute Gasteiger partial charge is 0.494 e. The maximum Gasteiger partial charge on any atom is 0.248 e. The molecule has 0 radical (unpaired) electrons. The first-order valence-electron chi connectivity index (χ1n) is 6.58. The Hall–Kier alpha value is -2.83. The normalized spacial score (nSPS) is 10.7. The SMILES string of the molecule is CCOc1cccc(-c2noc(Cn3cc(N)cn3)n2)c1. The fraction of sp³-hybridized carbons (Fsp3) is 0.214. The zero-order valence-electron chi connectivity index (χ0n) is 11.6. The van der Waals surface area contributed by atoms with E-state index in [1.807, 2.05) is 31.2 Å². The van der Waals surface area contributed by atoms with Gasteiger partial charge in [-0.1, -0.05) is 17.3 Å². The van der Waals surface area contributed by atoms with Gasteiger partial charge < -0.3 is 15.0 Å². The Morgan fingerprint density at radius 1 is 1.38 bits per heavy atom. The lowest BCUT2D eigenvalue weighted by Crippen LogP contribution is -2.00. The maximum absolute atomic E-state index is 5.61. The van der Waals surface area contributed by atoms with E-state index in [-0.39, 0.29) is 0 Å². The van der Waals surface area contributed by atoms with Crippen molar-refractivity contribution >= 4 is 5.69 Å². The smallest absolute Gasteiger partial charge is 0.248 e. The molecule has 3 aromatic rings. The number of ether oxygens (including phenoxy) is 1. The molecule has 21 heavy (non-hydrogen) atoms. The number of anilines is 1. The molecule has 0 spiro atoms. The molecule has 1 aromatic carbocycles. The molecule has 0 fully saturated rings. The summed E-state index contributed by atoms with van der Waals surface area (Å²) >= 11 is 0. The molecule has 0 aliphatic rings. The number of nitrogens with two attached hydrogens (primary N) is 1. The third-order valence-corrected chi connectivity index (χ3v) is 2.82. The van der Waals surface area contributed by atoms with Gasteiger partial charge in [-0.2, -0.15) is 10.1 Å². The highest BCUT2D eigenvalue weighted by molar-refractivity contribution is 5.56. The average molecular weight is 285 g/mol. The van der Waals surface area contributed by atoms with Gasteiger partial charge in [0.05, 0.1) is 18.5 Å². The van der Waals surface area contributed by atoms with E-state index in [1.165, 1.54) is 0 Å². The third-order valence-electron chi connectivity index (χ3n) is 2.82. The van der Waals surface area contributed by atoms with E-state index >= 15 is 0 Å². The highest BCUT2D eigenvalue weighted by atomic mass is 16.5. The Bertz CT molecular complexity index is 734. The van der Waals surface area contributed by atoms with Crippen molar-refractivity contribution in [1.29, 1.82) is 0 Å². The summed E-state index contributed by atoms with van der Waals surface area (Å²) in [6.45, 7) is 2.94. The molecule has 0 atom stereocenters. The second-order valence-electron chi connectivity index (χ2n) is 4.44. The maximum atomic E-state index is 5.61. The standard InChI is InChI=1S/C14H15N5O2/c1-2-20-12-5-3-4-10(6-12)14-17-13(21-18-14)9-19-8-11(15)7-16-19/h3-8H,2,9,15H2,1H3. The first-order chi connectivity index (χ1) is 10.2. The second kappa shape index (κ2) is 5.66. The summed E-state index contributed by atoms with van der Waals surface area (Å²) in [5.41, 5.74) is 7.05. The Labute approximate surface area is 121 Å². The molecule has 108 valence electrons. The summed E-state index contributed by atoms with van der Waals surface area (Å²) in [6, 6.07) is 7.57. The van der Waals surface area contributed by atoms with Crippen LogP contribution in [0.2, 0.25) is 0 Å². The number of hydrogen-bond donors (Lipinski definition) is 1. The first kappa shape index (κ1) is 13.2. The zero-order chi connectivity index (χ0) is 14.7. The van der Waals surface area contributed by atoms with Crippen molar-refractivity contribution in [3.8, 4) is 17.1 Å². The van der Waals surface area contributed by atoms with Crippen LogP contribution >= 0.6 is 0 Å². The van der Waals surface area contributed by atoms with Gasteiger partial charge in [-0.3, -0.25) is 4.68 Å². The van der Waals surface area contributed by atoms with Crippen molar-refractivity contribution in [3.63, 3.8) is 0 Å². The highest BCUT2D eigenvalue weighted by Crippen LogP contribution is 2.21. The van der Waals surface area contributed by atoms with Gasteiger partial charge in [0, 0.05) is 11.8 Å². The molecule has 0 unspecified atom stereocenters. The van der Waals surface area contributed by atoms with Gasteiger partial charge in [-0.25, -0.2) is 0 Å². The highest BCUT2D eigenvalue weighted by Gasteiger charge is 2.10. The summed E-state index contributed by atoms with van der Waals surface area (Å²) in [6.07, 6.45) is 3.28. The van der Waals surface area contributed by atoms with Gasteiger partial charge >= 0.3 is 0 Å². The van der Waals surface area contributed by atoms with E-state index in [4.69, 9.17) is 15.0 Å². The quantitative estimate of drug-likeness (QED) is 0.770. The van der Waals surface area contributed by atoms with Crippen molar-refractivity contribution < 1.29 is 9.26 Å². The molecule has 2 N–H and O–H groups in total. The van der Waals surface area contributed by atoms with Crippen molar-refractivity contribution in [1.82, 2.24) is 19.9 Å². The summed E-state index contributed by atoms with van der Waals surface area (Å²) in [5, 5.41) is 8.05. The van der Waals surface area contributed by atoms with E-state index in [2.05, 4.69) is 15.2 Å². The molecule has 0 aliphatic carbocycles. The van der Waals surface area contributed by atoms with Crippen LogP contribution in [0.5, 0.6) is 5.75 Å². The second-order valence-corrected chi connectivity index (χ2v) is 4.44. The van der Waals surface area contributed by atoms with Crippen LogP contribution in [0.3, 0.4) is 0 Å². The minimum Gasteiger partial charge on any atom is -0.494 e. The first-order valence-corrected chi connectivity index (χ1v) is 6.58. The summed E-state index contributed by atoms with van der Waals surface area (Å²) in [5.74, 6) is 1.77. The molecule has 0 aliphatic heterocycles. The molecule has 2 aromatic heterocycles. The summed E-state index contributed by atoms with van der Waals surface area (Å²) in [7, 11) is 0. The Morgan fingerprint density at radius 3 is 3.05 bits per heavy atom. The molecule has 0 saturated carbocycles. The van der Waals surface area contributed by atoms with E-state index < -0.39 is 0 Å². The Morgan fingerprint density at radius 2 is 2.29 bits per heavy atom. The molecular weight excluding hydrogens is 270 g/mol. The number of nitrogens with zero attached hydrogens (tertiary/aromatic N) is 4. The van der Waals surface area contributed by atoms with E-state index in [1.54, 1.807) is 17.1 Å². The Kier molecular flexibility index (Phi) is 3.55. The minimum atomic E-state index is 0.384. The van der Waals surface area contributed by atoms with Gasteiger partial charge in [0.25, 0.3) is 0 Å². The van der Waals surface area contributed by atoms with Gasteiger partial charge in [0.15, 0.2) is 0 Å². The van der Waals surface area contributed by atoms with Crippen molar-refractivity contribution in [2.75, 3.05) is 12.3 Å². The summed E-state index contributed by atoms with van der Waals surface area (Å²) < 4.78 is 12.3. The van der Waals surface area contributed by atoms with Crippen molar-refractivity contribution in [2.45, 2.75) is 13.5 Å². The molecule has 3 rings (SSSR count). The number of hydrogen-bond acceptors (Lipinski definition) is 6. The van der Waals surface area contributed by atoms with Crippen LogP contribution in [0.4, 0.5) is 5.69 Å². The van der Waals surface area contributed by atoms with E-state index in [9.17, 15) is 0 Å². The fourth-order valence-corrected chi connectivity index (χ4v) is 1.93. The number of aromatic nitrogens is 4. The van der Waals surface area contributed by atoms with E-state index in [0.29, 0.717) is 30.6 Å². The van der Waals surface area contributed by atoms with Gasteiger partial charge in [-0.05, 0) is 19.1 Å². The predicted molar refractivity (Wildman–Crippen MR) is 76.6 cm³/mol. The lowest BCUT2D eigenvalue weighted by atomic mass is 10.2. The fourth-order valence-electron chi connectivity index (χ4n) is 1.93. The number of rotatable bonds is 5. The average Bonchev–Trinajstić information content (AvgIpc) is 3.10. The lowest BCUT2D eigenvalue weighted by molar-refractivity contribution is 0.340. The monoisotopic (exact) mass is 285 g/mol. The van der Waals surface area contributed by atoms with Crippen LogP contribution in [0.25, 0.3) is 11.4 Å². The van der Waals surface area contributed by atoms with Gasteiger partial charge in [0.2, 0.25) is 11.7 Å². The molecule has 0 amide bonds. The molecule has 0 bridgehead atoms. The molecular formula is C14H15N5O2. The van der Waals surface area contributed by atoms with Crippen LogP contribution in [0, 0.1) is 0 Å². The molecule has 2 heterocycles. The van der Waals surface area contributed by atoms with Crippen LogP contribution < -0.4 is 10.5 Å².